The summed E-state index contributed by atoms with van der Waals surface area (Å²) in [6.07, 6.45) is 2.49. The highest BCUT2D eigenvalue weighted by atomic mass is 16.5. The third-order valence-electron chi connectivity index (χ3n) is 5.40. The molecule has 0 bridgehead atoms. The summed E-state index contributed by atoms with van der Waals surface area (Å²) in [7, 11) is 0. The first-order valence-electron chi connectivity index (χ1n) is 10.0. The number of benzene rings is 1. The molecule has 0 aromatic heterocycles. The average molecular weight is 373 g/mol. The van der Waals surface area contributed by atoms with Crippen molar-refractivity contribution in [1.29, 1.82) is 0 Å². The Balaban J connectivity index is 1.40. The lowest BCUT2D eigenvalue weighted by Gasteiger charge is -2.39. The van der Waals surface area contributed by atoms with Crippen LogP contribution < -0.4 is 5.32 Å². The van der Waals surface area contributed by atoms with Crippen LogP contribution in [-0.4, -0.2) is 66.7 Å². The standard InChI is InChI=1S/C21H31N3O3/c1-16-14-24(15-17(2)27-16)20(25)19-9-12-23(13-10-19)21(26)22-11-8-18-6-4-3-5-7-18/h3-7,16-17,19H,8-15H2,1-2H3,(H,22,26)/t16-,17-/m0/s1. The number of hydrogen-bond donors (Lipinski definition) is 1. The second-order valence-electron chi connectivity index (χ2n) is 7.73. The van der Waals surface area contributed by atoms with Gasteiger partial charge in [0.05, 0.1) is 12.2 Å². The van der Waals surface area contributed by atoms with Gasteiger partial charge in [-0.25, -0.2) is 4.79 Å². The van der Waals surface area contributed by atoms with Crippen molar-refractivity contribution in [3.63, 3.8) is 0 Å². The molecule has 6 nitrogen and oxygen atoms in total. The van der Waals surface area contributed by atoms with Gasteiger partial charge in [-0.3, -0.25) is 4.79 Å². The predicted octanol–water partition coefficient (Wildman–Crippen LogP) is 2.29. The van der Waals surface area contributed by atoms with Crippen LogP contribution in [0.1, 0.15) is 32.3 Å². The van der Waals surface area contributed by atoms with Crippen molar-refractivity contribution < 1.29 is 14.3 Å². The van der Waals surface area contributed by atoms with Crippen molar-refractivity contribution in [2.24, 2.45) is 5.92 Å². The molecule has 2 aliphatic heterocycles. The molecule has 0 unspecified atom stereocenters. The van der Waals surface area contributed by atoms with Crippen LogP contribution in [0.15, 0.2) is 30.3 Å². The Hall–Kier alpha value is -2.08. The summed E-state index contributed by atoms with van der Waals surface area (Å²) in [5.41, 5.74) is 1.22. The summed E-state index contributed by atoms with van der Waals surface area (Å²) in [5, 5.41) is 3.00. The number of urea groups is 1. The van der Waals surface area contributed by atoms with E-state index in [1.165, 1.54) is 5.56 Å². The van der Waals surface area contributed by atoms with Crippen molar-refractivity contribution in [3.8, 4) is 0 Å². The van der Waals surface area contributed by atoms with Gasteiger partial charge in [-0.05, 0) is 38.7 Å². The maximum absolute atomic E-state index is 12.8. The Kier molecular flexibility index (Phi) is 6.72. The largest absolute Gasteiger partial charge is 0.372 e. The minimum Gasteiger partial charge on any atom is -0.372 e. The smallest absolute Gasteiger partial charge is 0.317 e. The molecule has 27 heavy (non-hydrogen) atoms. The number of rotatable bonds is 4. The van der Waals surface area contributed by atoms with E-state index in [0.717, 1.165) is 19.3 Å². The predicted molar refractivity (Wildman–Crippen MR) is 104 cm³/mol. The third kappa shape index (κ3) is 5.45. The fraction of sp³-hybridized carbons (Fsp3) is 0.619. The maximum Gasteiger partial charge on any atom is 0.317 e. The maximum atomic E-state index is 12.8. The van der Waals surface area contributed by atoms with E-state index in [1.807, 2.05) is 41.8 Å². The van der Waals surface area contributed by atoms with Gasteiger partial charge in [-0.15, -0.1) is 0 Å². The molecular formula is C21H31N3O3. The van der Waals surface area contributed by atoms with Gasteiger partial charge in [0, 0.05) is 38.6 Å². The van der Waals surface area contributed by atoms with E-state index in [-0.39, 0.29) is 30.1 Å². The Morgan fingerprint density at radius 1 is 1.04 bits per heavy atom. The zero-order valence-corrected chi connectivity index (χ0v) is 16.4. The van der Waals surface area contributed by atoms with Crippen LogP contribution in [0.5, 0.6) is 0 Å². The fourth-order valence-corrected chi connectivity index (χ4v) is 4.02. The fourth-order valence-electron chi connectivity index (χ4n) is 4.02. The summed E-state index contributed by atoms with van der Waals surface area (Å²) in [6.45, 7) is 7.28. The van der Waals surface area contributed by atoms with Crippen molar-refractivity contribution in [2.45, 2.75) is 45.3 Å². The molecule has 2 aliphatic rings. The zero-order chi connectivity index (χ0) is 19.2. The number of carbonyl (C=O) groups is 2. The molecule has 0 spiro atoms. The number of amides is 3. The third-order valence-corrected chi connectivity index (χ3v) is 5.40. The minimum atomic E-state index is -0.0227. The monoisotopic (exact) mass is 373 g/mol. The molecule has 1 aromatic rings. The van der Waals surface area contributed by atoms with Crippen LogP contribution >= 0.6 is 0 Å². The topological polar surface area (TPSA) is 61.9 Å². The number of hydrogen-bond acceptors (Lipinski definition) is 3. The molecule has 1 aromatic carbocycles. The number of likely N-dealkylation sites (tertiary alicyclic amines) is 1. The molecule has 0 aliphatic carbocycles. The van der Waals surface area contributed by atoms with Crippen LogP contribution in [0.25, 0.3) is 0 Å². The van der Waals surface area contributed by atoms with Gasteiger partial charge in [0.25, 0.3) is 0 Å². The van der Waals surface area contributed by atoms with Crippen molar-refractivity contribution in [3.05, 3.63) is 35.9 Å². The molecule has 2 fully saturated rings. The number of nitrogens with zero attached hydrogens (tertiary/aromatic N) is 2. The number of carbonyl (C=O) groups excluding carboxylic acids is 2. The van der Waals surface area contributed by atoms with E-state index in [4.69, 9.17) is 4.74 Å². The van der Waals surface area contributed by atoms with Crippen LogP contribution in [0.4, 0.5) is 4.79 Å². The molecule has 6 heteroatoms. The highest BCUT2D eigenvalue weighted by Gasteiger charge is 2.33. The number of morpholine rings is 1. The minimum absolute atomic E-state index is 0.0227. The van der Waals surface area contributed by atoms with E-state index in [0.29, 0.717) is 32.7 Å². The van der Waals surface area contributed by atoms with E-state index in [1.54, 1.807) is 0 Å². The quantitative estimate of drug-likeness (QED) is 0.881. The lowest BCUT2D eigenvalue weighted by Crippen LogP contribution is -2.52. The first kappa shape index (κ1) is 19.7. The van der Waals surface area contributed by atoms with Crippen LogP contribution in [0, 0.1) is 5.92 Å². The molecule has 1 N–H and O–H groups in total. The second-order valence-corrected chi connectivity index (χ2v) is 7.73. The lowest BCUT2D eigenvalue weighted by molar-refractivity contribution is -0.148. The van der Waals surface area contributed by atoms with Gasteiger partial charge in [0.2, 0.25) is 5.91 Å². The van der Waals surface area contributed by atoms with Crippen molar-refractivity contribution in [1.82, 2.24) is 15.1 Å². The summed E-state index contributed by atoms with van der Waals surface area (Å²) in [4.78, 5) is 28.9. The zero-order valence-electron chi connectivity index (χ0n) is 16.4. The number of nitrogens with one attached hydrogen (secondary N) is 1. The van der Waals surface area contributed by atoms with E-state index in [2.05, 4.69) is 17.4 Å². The van der Waals surface area contributed by atoms with E-state index in [9.17, 15) is 9.59 Å². The SMILES string of the molecule is C[C@H]1CN(C(=O)C2CCN(C(=O)NCCc3ccccc3)CC2)C[C@H](C)O1. The summed E-state index contributed by atoms with van der Waals surface area (Å²) in [5.74, 6) is 0.247. The molecule has 2 atom stereocenters. The lowest BCUT2D eigenvalue weighted by atomic mass is 9.95. The van der Waals surface area contributed by atoms with E-state index >= 15 is 0 Å². The van der Waals surface area contributed by atoms with Gasteiger partial charge < -0.3 is 19.9 Å². The number of ether oxygens (including phenoxy) is 1. The van der Waals surface area contributed by atoms with Crippen LogP contribution in [0.3, 0.4) is 0 Å². The van der Waals surface area contributed by atoms with Gasteiger partial charge >= 0.3 is 6.03 Å². The number of piperidine rings is 1. The molecule has 3 rings (SSSR count). The Morgan fingerprint density at radius 3 is 2.30 bits per heavy atom. The average Bonchev–Trinajstić information content (AvgIpc) is 2.67. The van der Waals surface area contributed by atoms with E-state index < -0.39 is 0 Å². The first-order valence-corrected chi connectivity index (χ1v) is 10.0. The molecule has 148 valence electrons. The highest BCUT2D eigenvalue weighted by Crippen LogP contribution is 2.22. The molecule has 2 heterocycles. The van der Waals surface area contributed by atoms with Crippen LogP contribution in [-0.2, 0) is 16.0 Å². The van der Waals surface area contributed by atoms with Gasteiger partial charge in [0.1, 0.15) is 0 Å². The highest BCUT2D eigenvalue weighted by molar-refractivity contribution is 5.80. The van der Waals surface area contributed by atoms with Crippen LogP contribution in [0.2, 0.25) is 0 Å². The van der Waals surface area contributed by atoms with Gasteiger partial charge in [-0.2, -0.15) is 0 Å². The Bertz CT molecular complexity index is 619. The van der Waals surface area contributed by atoms with Gasteiger partial charge in [0.15, 0.2) is 0 Å². The second kappa shape index (κ2) is 9.22. The Morgan fingerprint density at radius 2 is 1.67 bits per heavy atom. The molecule has 2 saturated heterocycles. The normalized spacial score (nSPS) is 23.9. The summed E-state index contributed by atoms with van der Waals surface area (Å²) >= 11 is 0. The first-order chi connectivity index (χ1) is 13.0. The summed E-state index contributed by atoms with van der Waals surface area (Å²) < 4.78 is 5.72. The molecule has 0 radical (unpaired) electrons. The molecule has 3 amide bonds. The van der Waals surface area contributed by atoms with Crippen molar-refractivity contribution >= 4 is 11.9 Å². The van der Waals surface area contributed by atoms with Gasteiger partial charge in [-0.1, -0.05) is 30.3 Å². The Labute approximate surface area is 161 Å². The van der Waals surface area contributed by atoms with Crippen molar-refractivity contribution in [2.75, 3.05) is 32.7 Å². The molecule has 0 saturated carbocycles. The molecular weight excluding hydrogens is 342 g/mol. The summed E-state index contributed by atoms with van der Waals surface area (Å²) in [6, 6.07) is 10.1.